The summed E-state index contributed by atoms with van der Waals surface area (Å²) in [6.45, 7) is 1.92. The Hall–Kier alpha value is -2.63. The fourth-order valence-corrected chi connectivity index (χ4v) is 4.99. The number of hydrogen-bond donors (Lipinski definition) is 0. The summed E-state index contributed by atoms with van der Waals surface area (Å²) in [7, 11) is -3.80. The lowest BCUT2D eigenvalue weighted by Gasteiger charge is -2.23. The number of hydrazone groups is 1. The van der Waals surface area contributed by atoms with Gasteiger partial charge in [0, 0.05) is 17.0 Å². The van der Waals surface area contributed by atoms with Gasteiger partial charge in [0.1, 0.15) is 0 Å². The molecule has 4 rings (SSSR count). The van der Waals surface area contributed by atoms with E-state index in [0.717, 1.165) is 16.7 Å². The quantitative estimate of drug-likeness (QED) is 0.594. The van der Waals surface area contributed by atoms with Crippen molar-refractivity contribution < 1.29 is 8.42 Å². The van der Waals surface area contributed by atoms with Crippen LogP contribution < -0.4 is 0 Å². The standard InChI is InChI=1S/C22H19ClN2O2S/c1-16-11-13-18(14-12-16)28(26,27)25-22(17-7-3-2-4-8-17)15-21(24-25)19-9-5-6-10-20(19)23/h2-14,22H,15H2,1H3/t22-/m0/s1. The zero-order chi connectivity index (χ0) is 19.7. The van der Waals surface area contributed by atoms with Gasteiger partial charge in [-0.2, -0.15) is 17.9 Å². The van der Waals surface area contributed by atoms with Crippen LogP contribution >= 0.6 is 11.6 Å². The van der Waals surface area contributed by atoms with E-state index in [2.05, 4.69) is 5.10 Å². The Morgan fingerprint density at radius 1 is 0.929 bits per heavy atom. The van der Waals surface area contributed by atoms with Crippen LogP contribution in [-0.2, 0) is 10.0 Å². The minimum atomic E-state index is -3.80. The number of nitrogens with zero attached hydrogens (tertiary/aromatic N) is 2. The topological polar surface area (TPSA) is 49.7 Å². The molecule has 3 aromatic carbocycles. The molecule has 0 saturated carbocycles. The Kier molecular flexibility index (Phi) is 4.96. The second-order valence-electron chi connectivity index (χ2n) is 6.75. The Bertz CT molecular complexity index is 1130. The minimum Gasteiger partial charge on any atom is -0.200 e. The van der Waals surface area contributed by atoms with Crippen LogP contribution in [-0.4, -0.2) is 18.5 Å². The summed E-state index contributed by atoms with van der Waals surface area (Å²) >= 11 is 6.35. The first kappa shape index (κ1) is 18.7. The molecular weight excluding hydrogens is 392 g/mol. The highest BCUT2D eigenvalue weighted by Gasteiger charge is 2.38. The van der Waals surface area contributed by atoms with Gasteiger partial charge in [-0.15, -0.1) is 0 Å². The molecule has 1 atom stereocenters. The third-order valence-corrected chi connectivity index (χ3v) is 6.83. The smallest absolute Gasteiger partial charge is 0.200 e. The van der Waals surface area contributed by atoms with E-state index in [9.17, 15) is 8.42 Å². The van der Waals surface area contributed by atoms with E-state index in [1.807, 2.05) is 55.5 Å². The number of halogens is 1. The van der Waals surface area contributed by atoms with Crippen molar-refractivity contribution >= 4 is 27.3 Å². The lowest BCUT2D eigenvalue weighted by Crippen LogP contribution is -2.27. The number of rotatable bonds is 4. The van der Waals surface area contributed by atoms with E-state index in [1.54, 1.807) is 30.3 Å². The van der Waals surface area contributed by atoms with Crippen molar-refractivity contribution in [2.75, 3.05) is 0 Å². The molecule has 142 valence electrons. The summed E-state index contributed by atoms with van der Waals surface area (Å²) in [5.41, 5.74) is 3.31. The van der Waals surface area contributed by atoms with Crippen LogP contribution in [0.15, 0.2) is 88.9 Å². The van der Waals surface area contributed by atoms with Crippen molar-refractivity contribution in [2.45, 2.75) is 24.3 Å². The first-order chi connectivity index (χ1) is 13.5. The number of benzene rings is 3. The molecule has 0 aliphatic carbocycles. The molecule has 0 saturated heterocycles. The van der Waals surface area contributed by atoms with Gasteiger partial charge in [0.05, 0.1) is 16.6 Å². The van der Waals surface area contributed by atoms with E-state index < -0.39 is 16.1 Å². The normalized spacial score (nSPS) is 16.9. The van der Waals surface area contributed by atoms with Crippen molar-refractivity contribution in [3.63, 3.8) is 0 Å². The van der Waals surface area contributed by atoms with Crippen LogP contribution in [0.5, 0.6) is 0 Å². The van der Waals surface area contributed by atoms with Crippen molar-refractivity contribution in [2.24, 2.45) is 5.10 Å². The van der Waals surface area contributed by atoms with Gasteiger partial charge in [0.15, 0.2) is 0 Å². The number of sulfonamides is 1. The lowest BCUT2D eigenvalue weighted by atomic mass is 9.99. The molecule has 0 fully saturated rings. The number of hydrogen-bond acceptors (Lipinski definition) is 3. The van der Waals surface area contributed by atoms with Crippen molar-refractivity contribution in [1.82, 2.24) is 4.41 Å². The van der Waals surface area contributed by atoms with Gasteiger partial charge in [0.25, 0.3) is 10.0 Å². The molecule has 6 heteroatoms. The molecule has 1 heterocycles. The predicted octanol–water partition coefficient (Wildman–Crippen LogP) is 5.19. The van der Waals surface area contributed by atoms with Gasteiger partial charge >= 0.3 is 0 Å². The molecule has 1 aliphatic heterocycles. The third-order valence-electron chi connectivity index (χ3n) is 4.81. The van der Waals surface area contributed by atoms with E-state index in [0.29, 0.717) is 17.2 Å². The Morgan fingerprint density at radius 2 is 1.57 bits per heavy atom. The molecule has 0 bridgehead atoms. The average molecular weight is 411 g/mol. The summed E-state index contributed by atoms with van der Waals surface area (Å²) in [5, 5.41) is 5.08. The molecule has 0 aromatic heterocycles. The minimum absolute atomic E-state index is 0.225. The molecule has 28 heavy (non-hydrogen) atoms. The van der Waals surface area contributed by atoms with Crippen LogP contribution in [0.1, 0.15) is 29.2 Å². The summed E-state index contributed by atoms with van der Waals surface area (Å²) < 4.78 is 28.0. The second-order valence-corrected chi connectivity index (χ2v) is 8.95. The van der Waals surface area contributed by atoms with E-state index in [4.69, 9.17) is 11.6 Å². The van der Waals surface area contributed by atoms with E-state index in [-0.39, 0.29) is 4.90 Å². The lowest BCUT2D eigenvalue weighted by molar-refractivity contribution is 0.371. The van der Waals surface area contributed by atoms with Crippen molar-refractivity contribution in [1.29, 1.82) is 0 Å². The molecular formula is C22H19ClN2O2S. The molecule has 4 nitrogen and oxygen atoms in total. The number of aryl methyl sites for hydroxylation is 1. The van der Waals surface area contributed by atoms with Crippen LogP contribution in [0.2, 0.25) is 5.02 Å². The summed E-state index contributed by atoms with van der Waals surface area (Å²) in [6.07, 6.45) is 0.457. The first-order valence-electron chi connectivity index (χ1n) is 8.95. The van der Waals surface area contributed by atoms with Gasteiger partial charge in [-0.3, -0.25) is 0 Å². The molecule has 3 aromatic rings. The molecule has 0 N–H and O–H groups in total. The van der Waals surface area contributed by atoms with Crippen molar-refractivity contribution in [3.8, 4) is 0 Å². The first-order valence-corrected chi connectivity index (χ1v) is 10.8. The van der Waals surface area contributed by atoms with Gasteiger partial charge < -0.3 is 0 Å². The Morgan fingerprint density at radius 3 is 2.25 bits per heavy atom. The van der Waals surface area contributed by atoms with E-state index in [1.165, 1.54) is 4.41 Å². The van der Waals surface area contributed by atoms with E-state index >= 15 is 0 Å². The van der Waals surface area contributed by atoms with Crippen LogP contribution in [0.3, 0.4) is 0 Å². The summed E-state index contributed by atoms with van der Waals surface area (Å²) in [4.78, 5) is 0.225. The zero-order valence-electron chi connectivity index (χ0n) is 15.3. The largest absolute Gasteiger partial charge is 0.279 e. The summed E-state index contributed by atoms with van der Waals surface area (Å²) in [6, 6.07) is 23.3. The fourth-order valence-electron chi connectivity index (χ4n) is 3.31. The van der Waals surface area contributed by atoms with Gasteiger partial charge in [-0.1, -0.05) is 77.8 Å². The highest BCUT2D eigenvalue weighted by molar-refractivity contribution is 7.89. The molecule has 0 amide bonds. The monoisotopic (exact) mass is 410 g/mol. The van der Waals surface area contributed by atoms with Crippen molar-refractivity contribution in [3.05, 3.63) is 101 Å². The van der Waals surface area contributed by atoms with Gasteiger partial charge in [-0.25, -0.2) is 0 Å². The highest BCUT2D eigenvalue weighted by atomic mass is 35.5. The highest BCUT2D eigenvalue weighted by Crippen LogP contribution is 2.38. The zero-order valence-corrected chi connectivity index (χ0v) is 16.9. The molecule has 0 radical (unpaired) electrons. The molecule has 0 unspecified atom stereocenters. The molecule has 1 aliphatic rings. The maximum Gasteiger partial charge on any atom is 0.279 e. The van der Waals surface area contributed by atoms with Crippen LogP contribution in [0, 0.1) is 6.92 Å². The second kappa shape index (κ2) is 7.41. The maximum absolute atomic E-state index is 13.4. The summed E-state index contributed by atoms with van der Waals surface area (Å²) in [5.74, 6) is 0. The Balaban J connectivity index is 1.82. The van der Waals surface area contributed by atoms with Gasteiger partial charge in [0.2, 0.25) is 0 Å². The third kappa shape index (κ3) is 3.43. The Labute approximate surface area is 170 Å². The average Bonchev–Trinajstić information content (AvgIpc) is 3.15. The molecule has 0 spiro atoms. The fraction of sp³-hybridized carbons (Fsp3) is 0.136. The maximum atomic E-state index is 13.4. The predicted molar refractivity (Wildman–Crippen MR) is 112 cm³/mol. The van der Waals surface area contributed by atoms with Crippen LogP contribution in [0.4, 0.5) is 0 Å². The van der Waals surface area contributed by atoms with Crippen LogP contribution in [0.25, 0.3) is 0 Å². The SMILES string of the molecule is Cc1ccc(S(=O)(=O)N2N=C(c3ccccc3Cl)C[C@H]2c2ccccc2)cc1. The van der Waals surface area contributed by atoms with Gasteiger partial charge in [-0.05, 0) is 30.7 Å².